The predicted octanol–water partition coefficient (Wildman–Crippen LogP) is 4.92. The monoisotopic (exact) mass is 325 g/mol. The minimum atomic E-state index is -4.60. The van der Waals surface area contributed by atoms with Gasteiger partial charge in [-0.1, -0.05) is 59.2 Å². The van der Waals surface area contributed by atoms with Gasteiger partial charge in [0.05, 0.1) is 5.71 Å². The van der Waals surface area contributed by atoms with Crippen molar-refractivity contribution in [3.8, 4) is 0 Å². The second-order valence-electron chi connectivity index (χ2n) is 5.00. The van der Waals surface area contributed by atoms with Crippen molar-refractivity contribution in [2.24, 2.45) is 5.16 Å². The van der Waals surface area contributed by atoms with E-state index in [0.717, 1.165) is 0 Å². The van der Waals surface area contributed by atoms with Crippen molar-refractivity contribution in [1.29, 1.82) is 0 Å². The first kappa shape index (κ1) is 14.9. The van der Waals surface area contributed by atoms with Gasteiger partial charge in [0.25, 0.3) is 5.60 Å². The van der Waals surface area contributed by atoms with Crippen LogP contribution in [-0.4, -0.2) is 11.9 Å². The molecule has 1 aliphatic rings. The van der Waals surface area contributed by atoms with E-state index in [1.807, 2.05) is 0 Å². The minimum Gasteiger partial charge on any atom is -0.374 e. The molecule has 2 aromatic carbocycles. The number of oxime groups is 1. The highest BCUT2D eigenvalue weighted by molar-refractivity contribution is 6.30. The molecule has 2 nitrogen and oxygen atoms in total. The van der Waals surface area contributed by atoms with Crippen LogP contribution in [0.2, 0.25) is 5.02 Å². The van der Waals surface area contributed by atoms with Gasteiger partial charge in [0.2, 0.25) is 0 Å². The molecule has 0 saturated carbocycles. The maximum Gasteiger partial charge on any atom is 0.435 e. The van der Waals surface area contributed by atoms with Gasteiger partial charge in [-0.15, -0.1) is 0 Å². The van der Waals surface area contributed by atoms with Gasteiger partial charge in [0.1, 0.15) is 0 Å². The Kier molecular flexibility index (Phi) is 3.60. The molecular weight excluding hydrogens is 315 g/mol. The van der Waals surface area contributed by atoms with Gasteiger partial charge in [0, 0.05) is 17.0 Å². The highest BCUT2D eigenvalue weighted by atomic mass is 35.5. The van der Waals surface area contributed by atoms with Crippen molar-refractivity contribution in [3.63, 3.8) is 0 Å². The third-order valence-electron chi connectivity index (χ3n) is 3.60. The van der Waals surface area contributed by atoms with Gasteiger partial charge in [-0.05, 0) is 17.7 Å². The lowest BCUT2D eigenvalue weighted by Crippen LogP contribution is -2.42. The molecule has 0 saturated heterocycles. The van der Waals surface area contributed by atoms with Gasteiger partial charge < -0.3 is 4.84 Å². The van der Waals surface area contributed by atoms with Crippen molar-refractivity contribution < 1.29 is 18.0 Å². The highest BCUT2D eigenvalue weighted by Gasteiger charge is 2.62. The standard InChI is InChI=1S/C16H11ClF3NO/c17-13-8-6-12(7-9-13)15(16(18,19)20)10-14(21-22-15)11-4-2-1-3-5-11/h1-9H,10H2. The van der Waals surface area contributed by atoms with Crippen LogP contribution in [0.1, 0.15) is 17.5 Å². The zero-order valence-corrected chi connectivity index (χ0v) is 12.0. The van der Waals surface area contributed by atoms with Crippen LogP contribution in [-0.2, 0) is 10.4 Å². The summed E-state index contributed by atoms with van der Waals surface area (Å²) in [6.07, 6.45) is -4.97. The number of nitrogens with zero attached hydrogens (tertiary/aromatic N) is 1. The summed E-state index contributed by atoms with van der Waals surface area (Å²) in [6, 6.07) is 14.1. The lowest BCUT2D eigenvalue weighted by molar-refractivity contribution is -0.275. The Morgan fingerprint density at radius 1 is 1.00 bits per heavy atom. The molecule has 114 valence electrons. The molecule has 0 aromatic heterocycles. The van der Waals surface area contributed by atoms with Crippen LogP contribution in [0.25, 0.3) is 0 Å². The number of rotatable bonds is 2. The predicted molar refractivity (Wildman–Crippen MR) is 77.9 cm³/mol. The van der Waals surface area contributed by atoms with E-state index in [2.05, 4.69) is 5.16 Å². The van der Waals surface area contributed by atoms with E-state index >= 15 is 0 Å². The van der Waals surface area contributed by atoms with Crippen LogP contribution < -0.4 is 0 Å². The van der Waals surface area contributed by atoms with Crippen molar-refractivity contribution in [3.05, 3.63) is 70.7 Å². The van der Waals surface area contributed by atoms with Gasteiger partial charge >= 0.3 is 6.18 Å². The van der Waals surface area contributed by atoms with Gasteiger partial charge in [0.15, 0.2) is 0 Å². The van der Waals surface area contributed by atoms with E-state index in [1.54, 1.807) is 30.3 Å². The first-order valence-electron chi connectivity index (χ1n) is 6.56. The Balaban J connectivity index is 2.00. The fourth-order valence-corrected chi connectivity index (χ4v) is 2.53. The molecule has 0 N–H and O–H groups in total. The Morgan fingerprint density at radius 2 is 1.64 bits per heavy atom. The molecule has 0 amide bonds. The van der Waals surface area contributed by atoms with Gasteiger partial charge in [-0.2, -0.15) is 13.2 Å². The Hall–Kier alpha value is -2.01. The Labute approximate surface area is 130 Å². The number of halogens is 4. The molecule has 0 radical (unpaired) electrons. The summed E-state index contributed by atoms with van der Waals surface area (Å²) in [5.74, 6) is 0. The summed E-state index contributed by atoms with van der Waals surface area (Å²) in [5.41, 5.74) is -1.60. The molecule has 1 aliphatic heterocycles. The lowest BCUT2D eigenvalue weighted by Gasteiger charge is -2.29. The Bertz CT molecular complexity index is 698. The first-order valence-corrected chi connectivity index (χ1v) is 6.93. The Morgan fingerprint density at radius 3 is 2.23 bits per heavy atom. The summed E-state index contributed by atoms with van der Waals surface area (Å²) in [6.45, 7) is 0. The molecule has 0 bridgehead atoms. The molecule has 0 fully saturated rings. The van der Waals surface area contributed by atoms with Crippen LogP contribution in [0.4, 0.5) is 13.2 Å². The van der Waals surface area contributed by atoms with Crippen molar-refractivity contribution in [2.75, 3.05) is 0 Å². The molecule has 1 unspecified atom stereocenters. The van der Waals surface area contributed by atoms with Gasteiger partial charge in [-0.25, -0.2) is 0 Å². The summed E-state index contributed by atoms with van der Waals surface area (Å²) >= 11 is 5.75. The molecule has 2 aromatic rings. The van der Waals surface area contributed by atoms with E-state index in [9.17, 15) is 13.2 Å². The quantitative estimate of drug-likeness (QED) is 0.767. The van der Waals surface area contributed by atoms with Crippen LogP contribution in [0.3, 0.4) is 0 Å². The number of alkyl halides is 3. The average Bonchev–Trinajstić information content (AvgIpc) is 2.95. The number of hydrogen-bond acceptors (Lipinski definition) is 2. The summed E-state index contributed by atoms with van der Waals surface area (Å²) in [5, 5.41) is 4.05. The first-order chi connectivity index (χ1) is 10.4. The average molecular weight is 326 g/mol. The van der Waals surface area contributed by atoms with Crippen molar-refractivity contribution in [2.45, 2.75) is 18.2 Å². The van der Waals surface area contributed by atoms with E-state index in [1.165, 1.54) is 24.3 Å². The maximum atomic E-state index is 13.7. The van der Waals surface area contributed by atoms with Crippen LogP contribution >= 0.6 is 11.6 Å². The minimum absolute atomic E-state index is 0.0147. The summed E-state index contributed by atoms with van der Waals surface area (Å²) in [4.78, 5) is 4.92. The lowest BCUT2D eigenvalue weighted by atomic mass is 9.86. The number of hydrogen-bond donors (Lipinski definition) is 0. The smallest absolute Gasteiger partial charge is 0.374 e. The fraction of sp³-hybridized carbons (Fsp3) is 0.188. The topological polar surface area (TPSA) is 21.6 Å². The summed E-state index contributed by atoms with van der Waals surface area (Å²) in [7, 11) is 0. The SMILES string of the molecule is FC(F)(F)C1(c2ccc(Cl)cc2)CC(c2ccccc2)=NO1. The summed E-state index contributed by atoms with van der Waals surface area (Å²) < 4.78 is 41.0. The molecule has 22 heavy (non-hydrogen) atoms. The van der Waals surface area contributed by atoms with E-state index in [-0.39, 0.29) is 17.7 Å². The molecule has 1 atom stereocenters. The normalized spacial score (nSPS) is 21.4. The third-order valence-corrected chi connectivity index (χ3v) is 3.86. The molecule has 0 aliphatic carbocycles. The second-order valence-corrected chi connectivity index (χ2v) is 5.44. The highest BCUT2D eigenvalue weighted by Crippen LogP contribution is 2.48. The molecule has 0 spiro atoms. The van der Waals surface area contributed by atoms with Crippen LogP contribution in [0, 0.1) is 0 Å². The van der Waals surface area contributed by atoms with E-state index in [0.29, 0.717) is 10.6 Å². The van der Waals surface area contributed by atoms with E-state index < -0.39 is 11.8 Å². The fourth-order valence-electron chi connectivity index (χ4n) is 2.41. The van der Waals surface area contributed by atoms with Crippen molar-refractivity contribution >= 4 is 17.3 Å². The number of benzene rings is 2. The van der Waals surface area contributed by atoms with E-state index in [4.69, 9.17) is 16.4 Å². The zero-order chi connectivity index (χ0) is 15.8. The van der Waals surface area contributed by atoms with Crippen molar-refractivity contribution in [1.82, 2.24) is 0 Å². The van der Waals surface area contributed by atoms with Crippen LogP contribution in [0.5, 0.6) is 0 Å². The van der Waals surface area contributed by atoms with Gasteiger partial charge in [-0.3, -0.25) is 0 Å². The largest absolute Gasteiger partial charge is 0.435 e. The van der Waals surface area contributed by atoms with Crippen LogP contribution in [0.15, 0.2) is 59.8 Å². The molecule has 6 heteroatoms. The maximum absolute atomic E-state index is 13.7. The third kappa shape index (κ3) is 2.46. The molecular formula is C16H11ClF3NO. The zero-order valence-electron chi connectivity index (χ0n) is 11.3. The second kappa shape index (κ2) is 5.32. The molecule has 3 rings (SSSR count). The molecule has 1 heterocycles.